The average molecular weight is 463 g/mol. The number of ether oxygens (including phenoxy) is 1. The van der Waals surface area contributed by atoms with E-state index in [4.69, 9.17) is 9.16 Å². The second-order valence-corrected chi connectivity index (χ2v) is 15.2. The second-order valence-electron chi connectivity index (χ2n) is 10.5. The molecule has 1 aliphatic rings. The van der Waals surface area contributed by atoms with Crippen LogP contribution < -0.4 is 9.16 Å². The van der Waals surface area contributed by atoms with E-state index in [1.54, 1.807) is 6.20 Å². The zero-order valence-corrected chi connectivity index (χ0v) is 21.9. The molecule has 0 radical (unpaired) electrons. The molecule has 0 unspecified atom stereocenters. The highest BCUT2D eigenvalue weighted by Gasteiger charge is 2.41. The van der Waals surface area contributed by atoms with Crippen molar-refractivity contribution in [3.8, 4) is 17.2 Å². The molecule has 33 heavy (non-hydrogen) atoms. The first-order valence-electron chi connectivity index (χ1n) is 11.5. The number of hydrogen-bond donors (Lipinski definition) is 0. The number of benzene rings is 2. The molecule has 2 heterocycles. The Hall–Kier alpha value is -2.86. The largest absolute Gasteiger partial charge is 0.543 e. The minimum Gasteiger partial charge on any atom is -0.543 e. The van der Waals surface area contributed by atoms with Crippen LogP contribution in [0.15, 0.2) is 42.7 Å². The minimum absolute atomic E-state index is 0.0995. The number of ketones is 1. The number of nitrogens with zero attached hydrogens (tertiary/aromatic N) is 2. The number of carbonyl (C=O) groups excluding carboxylic acids is 1. The fraction of sp³-hybridized carbons (Fsp3) is 0.407. The predicted molar refractivity (Wildman–Crippen MR) is 134 cm³/mol. The van der Waals surface area contributed by atoms with Gasteiger partial charge in [0, 0.05) is 30.1 Å². The van der Waals surface area contributed by atoms with Crippen molar-refractivity contribution in [2.75, 3.05) is 0 Å². The van der Waals surface area contributed by atoms with Gasteiger partial charge in [0.25, 0.3) is 8.32 Å². The van der Waals surface area contributed by atoms with Crippen LogP contribution in [-0.2, 0) is 6.42 Å². The van der Waals surface area contributed by atoms with E-state index in [0.717, 1.165) is 39.4 Å². The molecule has 5 nitrogen and oxygen atoms in total. The molecular weight excluding hydrogens is 428 g/mol. The normalized spacial score (nSPS) is 15.8. The first-order valence-corrected chi connectivity index (χ1v) is 14.4. The molecule has 0 bridgehead atoms. The maximum Gasteiger partial charge on any atom is 0.250 e. The predicted octanol–water partition coefficient (Wildman–Crippen LogP) is 6.37. The van der Waals surface area contributed by atoms with Crippen molar-refractivity contribution in [3.63, 3.8) is 0 Å². The molecule has 174 valence electrons. The lowest BCUT2D eigenvalue weighted by atomic mass is 9.95. The van der Waals surface area contributed by atoms with E-state index in [1.165, 1.54) is 0 Å². The van der Waals surface area contributed by atoms with E-state index in [-0.39, 0.29) is 10.8 Å². The monoisotopic (exact) mass is 462 g/mol. The van der Waals surface area contributed by atoms with E-state index in [0.29, 0.717) is 12.2 Å². The van der Waals surface area contributed by atoms with Gasteiger partial charge in [-0.05, 0) is 67.7 Å². The van der Waals surface area contributed by atoms with Crippen molar-refractivity contribution in [1.29, 1.82) is 0 Å². The first-order chi connectivity index (χ1) is 15.4. The van der Waals surface area contributed by atoms with Crippen LogP contribution in [0.5, 0.6) is 11.5 Å². The maximum atomic E-state index is 13.5. The number of fused-ring (bicyclic) bond motifs is 1. The third kappa shape index (κ3) is 4.01. The Balaban J connectivity index is 1.67. The molecule has 0 amide bonds. The van der Waals surface area contributed by atoms with Crippen molar-refractivity contribution in [1.82, 2.24) is 9.55 Å². The number of imidazole rings is 1. The van der Waals surface area contributed by atoms with Gasteiger partial charge in [0.2, 0.25) is 5.78 Å². The Kier molecular flexibility index (Phi) is 5.77. The Bertz CT molecular complexity index is 1210. The lowest BCUT2D eigenvalue weighted by Crippen LogP contribution is -2.44. The molecule has 1 atom stereocenters. The van der Waals surface area contributed by atoms with E-state index in [1.807, 2.05) is 41.1 Å². The van der Waals surface area contributed by atoms with Gasteiger partial charge in [0.05, 0.1) is 0 Å². The smallest absolute Gasteiger partial charge is 0.250 e. The summed E-state index contributed by atoms with van der Waals surface area (Å²) >= 11 is 0. The number of rotatable bonds is 5. The molecule has 1 aliphatic heterocycles. The summed E-state index contributed by atoms with van der Waals surface area (Å²) in [6.45, 7) is 17.5. The van der Waals surface area contributed by atoms with Gasteiger partial charge >= 0.3 is 0 Å². The summed E-state index contributed by atoms with van der Waals surface area (Å²) < 4.78 is 14.9. The van der Waals surface area contributed by atoms with Gasteiger partial charge in [0.1, 0.15) is 11.5 Å². The summed E-state index contributed by atoms with van der Waals surface area (Å²) in [5.74, 6) is 2.07. The summed E-state index contributed by atoms with van der Waals surface area (Å²) in [4.78, 5) is 17.9. The third-order valence-electron chi connectivity index (χ3n) is 7.31. The fourth-order valence-corrected chi connectivity index (χ4v) is 5.19. The van der Waals surface area contributed by atoms with Crippen LogP contribution in [0.4, 0.5) is 0 Å². The molecule has 0 saturated heterocycles. The Morgan fingerprint density at radius 1 is 1.09 bits per heavy atom. The van der Waals surface area contributed by atoms with Gasteiger partial charge < -0.3 is 9.16 Å². The fourth-order valence-electron chi connectivity index (χ4n) is 4.06. The van der Waals surface area contributed by atoms with Crippen molar-refractivity contribution >= 4 is 14.1 Å². The second kappa shape index (κ2) is 8.17. The standard InChI is InChI=1S/C27H34N2O3Si/c1-17-18(2)25-21(19(3)24(17)32-33(7,8)27(4,5)6)16-22(31-25)23(30)26-28-14-15-29(26)20-12-10-9-11-13-20/h9-15,22H,16H2,1-8H3/t22-/m1/s1. The van der Waals surface area contributed by atoms with Gasteiger partial charge in [-0.15, -0.1) is 0 Å². The molecule has 1 aromatic heterocycles. The topological polar surface area (TPSA) is 53.3 Å². The number of aromatic nitrogens is 2. The van der Waals surface area contributed by atoms with Crippen LogP contribution in [0.2, 0.25) is 18.1 Å². The van der Waals surface area contributed by atoms with Crippen LogP contribution in [0.3, 0.4) is 0 Å². The molecule has 0 N–H and O–H groups in total. The molecule has 0 spiro atoms. The van der Waals surface area contributed by atoms with Gasteiger partial charge in [-0.1, -0.05) is 39.0 Å². The SMILES string of the molecule is Cc1c(C)c2c(c(C)c1O[Si](C)(C)C(C)(C)C)C[C@H](C(=O)c1nccn1-c1ccccc1)O2. The number of para-hydroxylation sites is 1. The Labute approximate surface area is 197 Å². The number of carbonyl (C=O) groups is 1. The number of Topliss-reactive ketones (excluding diaryl/α,β-unsaturated/α-hetero) is 1. The highest BCUT2D eigenvalue weighted by molar-refractivity contribution is 6.74. The third-order valence-corrected chi connectivity index (χ3v) is 11.6. The molecule has 0 aliphatic carbocycles. The van der Waals surface area contributed by atoms with Gasteiger partial charge in [0.15, 0.2) is 11.9 Å². The van der Waals surface area contributed by atoms with Crippen LogP contribution in [0.1, 0.15) is 53.6 Å². The molecule has 0 saturated carbocycles. The van der Waals surface area contributed by atoms with Crippen LogP contribution in [0, 0.1) is 20.8 Å². The van der Waals surface area contributed by atoms with Crippen molar-refractivity contribution in [3.05, 3.63) is 70.8 Å². The molecule has 2 aromatic carbocycles. The summed E-state index contributed by atoms with van der Waals surface area (Å²) in [7, 11) is -2.01. The number of hydrogen-bond acceptors (Lipinski definition) is 4. The van der Waals surface area contributed by atoms with Crippen molar-refractivity contribution in [2.45, 2.75) is 72.2 Å². The lowest BCUT2D eigenvalue weighted by molar-refractivity contribution is 0.0811. The zero-order valence-electron chi connectivity index (χ0n) is 20.9. The zero-order chi connectivity index (χ0) is 24.1. The van der Waals surface area contributed by atoms with Gasteiger partial charge in [-0.3, -0.25) is 9.36 Å². The summed E-state index contributed by atoms with van der Waals surface area (Å²) in [5.41, 5.74) is 5.20. The van der Waals surface area contributed by atoms with E-state index in [2.05, 4.69) is 59.6 Å². The highest BCUT2D eigenvalue weighted by atomic mass is 28.4. The van der Waals surface area contributed by atoms with Crippen molar-refractivity contribution < 1.29 is 14.0 Å². The molecule has 4 rings (SSSR count). The summed E-state index contributed by atoms with van der Waals surface area (Å²) in [6.07, 6.45) is 3.41. The van der Waals surface area contributed by atoms with Gasteiger partial charge in [-0.2, -0.15) is 0 Å². The van der Waals surface area contributed by atoms with Crippen molar-refractivity contribution in [2.24, 2.45) is 0 Å². The average Bonchev–Trinajstić information content (AvgIpc) is 3.42. The van der Waals surface area contributed by atoms with Crippen LogP contribution in [-0.4, -0.2) is 29.8 Å². The molecule has 6 heteroatoms. The minimum atomic E-state index is -2.01. The summed E-state index contributed by atoms with van der Waals surface area (Å²) in [6, 6.07) is 9.78. The Morgan fingerprint density at radius 2 is 1.76 bits per heavy atom. The van der Waals surface area contributed by atoms with E-state index < -0.39 is 14.4 Å². The lowest BCUT2D eigenvalue weighted by Gasteiger charge is -2.38. The maximum absolute atomic E-state index is 13.5. The summed E-state index contributed by atoms with van der Waals surface area (Å²) in [5, 5.41) is 0.0995. The molecule has 0 fully saturated rings. The van der Waals surface area contributed by atoms with Crippen LogP contribution >= 0.6 is 0 Å². The molecule has 3 aromatic rings. The van der Waals surface area contributed by atoms with E-state index in [9.17, 15) is 4.79 Å². The Morgan fingerprint density at radius 3 is 2.39 bits per heavy atom. The first kappa shape index (κ1) is 23.3. The molecular formula is C27H34N2O3Si. The van der Waals surface area contributed by atoms with Crippen LogP contribution in [0.25, 0.3) is 5.69 Å². The quantitative estimate of drug-likeness (QED) is 0.327. The highest BCUT2D eigenvalue weighted by Crippen LogP contribution is 2.46. The van der Waals surface area contributed by atoms with Gasteiger partial charge in [-0.25, -0.2) is 4.98 Å². The van der Waals surface area contributed by atoms with E-state index >= 15 is 0 Å².